The summed E-state index contributed by atoms with van der Waals surface area (Å²) in [4.78, 5) is 8.04. The highest BCUT2D eigenvalue weighted by molar-refractivity contribution is 6.30. The Labute approximate surface area is 101 Å². The second kappa shape index (κ2) is 5.46. The highest BCUT2D eigenvalue weighted by atomic mass is 35.5. The fraction of sp³-hybridized carbons (Fsp3) is 0.636. The van der Waals surface area contributed by atoms with Crippen LogP contribution in [0.2, 0.25) is 5.15 Å². The molecule has 0 atom stereocenters. The van der Waals surface area contributed by atoms with E-state index in [0.29, 0.717) is 18.3 Å². The van der Waals surface area contributed by atoms with Crippen LogP contribution >= 0.6 is 11.6 Å². The van der Waals surface area contributed by atoms with E-state index in [1.165, 1.54) is 6.33 Å². The van der Waals surface area contributed by atoms with E-state index in [1.54, 1.807) is 0 Å². The number of anilines is 1. The van der Waals surface area contributed by atoms with E-state index in [0.717, 1.165) is 11.4 Å². The maximum atomic E-state index is 5.90. The van der Waals surface area contributed by atoms with Crippen molar-refractivity contribution in [2.24, 2.45) is 0 Å². The normalized spacial score (nSPS) is 11.6. The summed E-state index contributed by atoms with van der Waals surface area (Å²) in [6.45, 7) is 9.30. The summed E-state index contributed by atoms with van der Waals surface area (Å²) in [7, 11) is 0. The Bertz CT molecular complexity index is 355. The van der Waals surface area contributed by atoms with Crippen LogP contribution in [0.5, 0.6) is 0 Å². The van der Waals surface area contributed by atoms with Gasteiger partial charge in [-0.3, -0.25) is 0 Å². The second-order valence-electron chi connectivity index (χ2n) is 4.18. The van der Waals surface area contributed by atoms with Crippen molar-refractivity contribution in [1.82, 2.24) is 9.97 Å². The molecule has 0 saturated carbocycles. The number of aromatic nitrogens is 2. The molecule has 1 aromatic rings. The molecule has 0 aliphatic heterocycles. The lowest BCUT2D eigenvalue weighted by molar-refractivity contribution is 0.000635. The Morgan fingerprint density at radius 3 is 2.75 bits per heavy atom. The molecular weight excluding hydrogens is 226 g/mol. The highest BCUT2D eigenvalue weighted by Gasteiger charge is 2.18. The number of rotatable bonds is 5. The summed E-state index contributed by atoms with van der Waals surface area (Å²) >= 11 is 5.90. The van der Waals surface area contributed by atoms with Gasteiger partial charge in [-0.25, -0.2) is 9.97 Å². The Morgan fingerprint density at radius 2 is 2.12 bits per heavy atom. The lowest BCUT2D eigenvalue weighted by Crippen LogP contribution is -2.33. The zero-order chi connectivity index (χ0) is 12.2. The van der Waals surface area contributed by atoms with Crippen molar-refractivity contribution in [3.8, 4) is 0 Å². The van der Waals surface area contributed by atoms with E-state index in [4.69, 9.17) is 16.3 Å². The van der Waals surface area contributed by atoms with Crippen molar-refractivity contribution in [1.29, 1.82) is 0 Å². The zero-order valence-corrected chi connectivity index (χ0v) is 10.9. The summed E-state index contributed by atoms with van der Waals surface area (Å²) in [5.41, 5.74) is 0.634. The van der Waals surface area contributed by atoms with Crippen LogP contribution in [-0.2, 0) is 4.74 Å². The quantitative estimate of drug-likeness (QED) is 0.808. The molecule has 0 fully saturated rings. The van der Waals surface area contributed by atoms with Gasteiger partial charge in [0.25, 0.3) is 0 Å². The molecule has 0 aliphatic rings. The van der Waals surface area contributed by atoms with Crippen molar-refractivity contribution < 1.29 is 4.74 Å². The third kappa shape index (κ3) is 3.61. The van der Waals surface area contributed by atoms with Crippen molar-refractivity contribution in [2.45, 2.75) is 33.3 Å². The summed E-state index contributed by atoms with van der Waals surface area (Å²) in [6, 6.07) is 0. The lowest BCUT2D eigenvalue weighted by Gasteiger charge is -2.25. The third-order valence-corrected chi connectivity index (χ3v) is 2.62. The SMILES string of the molecule is CCOC(C)(C)CNc1ncnc(Cl)c1C. The summed E-state index contributed by atoms with van der Waals surface area (Å²) in [6.07, 6.45) is 1.45. The first-order valence-corrected chi connectivity index (χ1v) is 5.69. The minimum Gasteiger partial charge on any atom is -0.374 e. The van der Waals surface area contributed by atoms with Gasteiger partial charge in [0, 0.05) is 18.7 Å². The number of hydrogen-bond acceptors (Lipinski definition) is 4. The molecule has 1 N–H and O–H groups in total. The fourth-order valence-electron chi connectivity index (χ4n) is 1.35. The maximum absolute atomic E-state index is 5.90. The van der Waals surface area contributed by atoms with Crippen LogP contribution in [0.25, 0.3) is 0 Å². The molecule has 4 nitrogen and oxygen atoms in total. The van der Waals surface area contributed by atoms with E-state index < -0.39 is 0 Å². The Morgan fingerprint density at radius 1 is 1.44 bits per heavy atom. The molecule has 0 aromatic carbocycles. The van der Waals surface area contributed by atoms with Crippen LogP contribution in [0, 0.1) is 6.92 Å². The van der Waals surface area contributed by atoms with Gasteiger partial charge in [-0.2, -0.15) is 0 Å². The molecule has 0 unspecified atom stereocenters. The average Bonchev–Trinajstić information content (AvgIpc) is 2.20. The smallest absolute Gasteiger partial charge is 0.137 e. The summed E-state index contributed by atoms with van der Waals surface area (Å²) in [5, 5.41) is 3.70. The Kier molecular flexibility index (Phi) is 4.50. The molecule has 0 amide bonds. The van der Waals surface area contributed by atoms with Gasteiger partial charge in [-0.15, -0.1) is 0 Å². The molecule has 0 spiro atoms. The zero-order valence-electron chi connectivity index (χ0n) is 10.2. The molecule has 0 aliphatic carbocycles. The van der Waals surface area contributed by atoms with E-state index in [1.807, 2.05) is 27.7 Å². The molecule has 0 bridgehead atoms. The van der Waals surface area contributed by atoms with Crippen LogP contribution in [0.15, 0.2) is 6.33 Å². The van der Waals surface area contributed by atoms with Gasteiger partial charge in [0.2, 0.25) is 0 Å². The van der Waals surface area contributed by atoms with E-state index in [9.17, 15) is 0 Å². The standard InChI is InChI=1S/C11H18ClN3O/c1-5-16-11(3,4)6-13-10-8(2)9(12)14-7-15-10/h7H,5-6H2,1-4H3,(H,13,14,15). The monoisotopic (exact) mass is 243 g/mol. The first-order valence-electron chi connectivity index (χ1n) is 5.31. The van der Waals surface area contributed by atoms with Crippen LogP contribution in [-0.4, -0.2) is 28.7 Å². The average molecular weight is 244 g/mol. The molecule has 5 heteroatoms. The van der Waals surface area contributed by atoms with Gasteiger partial charge < -0.3 is 10.1 Å². The molecule has 1 heterocycles. The summed E-state index contributed by atoms with van der Waals surface area (Å²) < 4.78 is 5.58. The largest absolute Gasteiger partial charge is 0.374 e. The van der Waals surface area contributed by atoms with Crippen molar-refractivity contribution in [2.75, 3.05) is 18.5 Å². The third-order valence-electron chi connectivity index (χ3n) is 2.24. The minimum atomic E-state index is -0.224. The molecule has 1 rings (SSSR count). The maximum Gasteiger partial charge on any atom is 0.137 e. The molecule has 90 valence electrons. The van der Waals surface area contributed by atoms with Gasteiger partial charge in [0.1, 0.15) is 17.3 Å². The second-order valence-corrected chi connectivity index (χ2v) is 4.54. The first kappa shape index (κ1) is 13.2. The lowest BCUT2D eigenvalue weighted by atomic mass is 10.1. The Balaban J connectivity index is 2.64. The molecule has 0 radical (unpaired) electrons. The van der Waals surface area contributed by atoms with Crippen LogP contribution in [0.3, 0.4) is 0 Å². The number of nitrogens with one attached hydrogen (secondary N) is 1. The molecule has 0 saturated heterocycles. The van der Waals surface area contributed by atoms with Gasteiger partial charge in [-0.1, -0.05) is 11.6 Å². The fourth-order valence-corrected chi connectivity index (χ4v) is 1.48. The van der Waals surface area contributed by atoms with E-state index in [-0.39, 0.29) is 5.60 Å². The predicted molar refractivity (Wildman–Crippen MR) is 66.0 cm³/mol. The van der Waals surface area contributed by atoms with E-state index >= 15 is 0 Å². The minimum absolute atomic E-state index is 0.224. The van der Waals surface area contributed by atoms with Gasteiger partial charge in [0.05, 0.1) is 5.60 Å². The van der Waals surface area contributed by atoms with Crippen molar-refractivity contribution >= 4 is 17.4 Å². The number of halogens is 1. The van der Waals surface area contributed by atoms with Crippen LogP contribution in [0.4, 0.5) is 5.82 Å². The predicted octanol–water partition coefficient (Wildman–Crippen LogP) is 2.67. The number of nitrogens with zero attached hydrogens (tertiary/aromatic N) is 2. The van der Waals surface area contributed by atoms with Gasteiger partial charge in [-0.05, 0) is 27.7 Å². The molecular formula is C11H18ClN3O. The van der Waals surface area contributed by atoms with E-state index in [2.05, 4.69) is 15.3 Å². The van der Waals surface area contributed by atoms with Gasteiger partial charge in [0.15, 0.2) is 0 Å². The Hall–Kier alpha value is -0.870. The first-order chi connectivity index (χ1) is 7.46. The number of ether oxygens (including phenoxy) is 1. The number of hydrogen-bond donors (Lipinski definition) is 1. The molecule has 1 aromatic heterocycles. The highest BCUT2D eigenvalue weighted by Crippen LogP contribution is 2.19. The van der Waals surface area contributed by atoms with Crippen molar-refractivity contribution in [3.63, 3.8) is 0 Å². The van der Waals surface area contributed by atoms with Gasteiger partial charge >= 0.3 is 0 Å². The van der Waals surface area contributed by atoms with Crippen LogP contribution in [0.1, 0.15) is 26.3 Å². The van der Waals surface area contributed by atoms with Crippen LogP contribution < -0.4 is 5.32 Å². The molecule has 16 heavy (non-hydrogen) atoms. The summed E-state index contributed by atoms with van der Waals surface area (Å²) in [5.74, 6) is 0.757. The topological polar surface area (TPSA) is 47.0 Å². The van der Waals surface area contributed by atoms with Crippen molar-refractivity contribution in [3.05, 3.63) is 17.0 Å².